The molecule has 1 saturated carbocycles. The summed E-state index contributed by atoms with van der Waals surface area (Å²) in [6.45, 7) is 2.03. The maximum absolute atomic E-state index is 12.6. The Morgan fingerprint density at radius 1 is 1.48 bits per heavy atom. The average molecular weight is 333 g/mol. The largest absolute Gasteiger partial charge is 0.495 e. The second-order valence-electron chi connectivity index (χ2n) is 5.50. The molecule has 0 heterocycles. The van der Waals surface area contributed by atoms with E-state index in [-0.39, 0.29) is 23.2 Å². The molecule has 0 saturated heterocycles. The van der Waals surface area contributed by atoms with E-state index < -0.39 is 10.0 Å². The van der Waals surface area contributed by atoms with E-state index in [2.05, 4.69) is 4.72 Å². The van der Waals surface area contributed by atoms with Crippen molar-refractivity contribution in [1.82, 2.24) is 4.72 Å². The first-order valence-corrected chi connectivity index (χ1v) is 8.82. The summed E-state index contributed by atoms with van der Waals surface area (Å²) in [6, 6.07) is 2.89. The lowest BCUT2D eigenvalue weighted by Crippen LogP contribution is -2.33. The van der Waals surface area contributed by atoms with Crippen LogP contribution in [0.2, 0.25) is 5.02 Å². The first-order chi connectivity index (χ1) is 9.87. The van der Waals surface area contributed by atoms with Gasteiger partial charge in [-0.2, -0.15) is 0 Å². The second kappa shape index (κ2) is 6.52. The van der Waals surface area contributed by atoms with E-state index in [1.165, 1.54) is 26.0 Å². The molecule has 3 N–H and O–H groups in total. The number of methoxy groups -OCH3 is 1. The number of benzene rings is 1. The Kier molecular flexibility index (Phi) is 5.14. The summed E-state index contributed by atoms with van der Waals surface area (Å²) in [5.74, 6) is 0.900. The SMILES string of the molecule is COc1c(CN)cc(Cl)cc1S(=O)(=O)NC(C)CC1CC1. The minimum Gasteiger partial charge on any atom is -0.495 e. The first-order valence-electron chi connectivity index (χ1n) is 6.96. The highest BCUT2D eigenvalue weighted by atomic mass is 35.5. The number of ether oxygens (including phenoxy) is 1. The smallest absolute Gasteiger partial charge is 0.244 e. The van der Waals surface area contributed by atoms with Crippen LogP contribution in [0.4, 0.5) is 0 Å². The number of hydrogen-bond acceptors (Lipinski definition) is 4. The fourth-order valence-electron chi connectivity index (χ4n) is 2.44. The van der Waals surface area contributed by atoms with Crippen molar-refractivity contribution in [3.63, 3.8) is 0 Å². The van der Waals surface area contributed by atoms with E-state index >= 15 is 0 Å². The predicted octanol–water partition coefficient (Wildman–Crippen LogP) is 2.27. The van der Waals surface area contributed by atoms with Crippen LogP contribution in [0, 0.1) is 5.92 Å². The zero-order chi connectivity index (χ0) is 15.6. The fraction of sp³-hybridized carbons (Fsp3) is 0.571. The predicted molar refractivity (Wildman–Crippen MR) is 83.0 cm³/mol. The maximum atomic E-state index is 12.6. The highest BCUT2D eigenvalue weighted by Gasteiger charge is 2.28. The topological polar surface area (TPSA) is 81.4 Å². The molecule has 0 amide bonds. The normalized spacial score (nSPS) is 16.8. The van der Waals surface area contributed by atoms with Crippen LogP contribution in [-0.2, 0) is 16.6 Å². The van der Waals surface area contributed by atoms with E-state index in [0.29, 0.717) is 16.5 Å². The molecule has 118 valence electrons. The van der Waals surface area contributed by atoms with Crippen LogP contribution in [0.5, 0.6) is 5.75 Å². The molecule has 1 aromatic rings. The van der Waals surface area contributed by atoms with Crippen LogP contribution in [0.3, 0.4) is 0 Å². The summed E-state index contributed by atoms with van der Waals surface area (Å²) < 4.78 is 33.0. The van der Waals surface area contributed by atoms with E-state index in [9.17, 15) is 8.42 Å². The minimum atomic E-state index is -3.69. The maximum Gasteiger partial charge on any atom is 0.244 e. The monoisotopic (exact) mass is 332 g/mol. The molecule has 5 nitrogen and oxygen atoms in total. The Morgan fingerprint density at radius 3 is 2.67 bits per heavy atom. The molecule has 0 spiro atoms. The Morgan fingerprint density at radius 2 is 2.14 bits per heavy atom. The van der Waals surface area contributed by atoms with Crippen molar-refractivity contribution >= 4 is 21.6 Å². The zero-order valence-electron chi connectivity index (χ0n) is 12.2. The van der Waals surface area contributed by atoms with Gasteiger partial charge in [0.2, 0.25) is 10.0 Å². The lowest BCUT2D eigenvalue weighted by atomic mass is 10.2. The third-order valence-corrected chi connectivity index (χ3v) is 5.36. The zero-order valence-corrected chi connectivity index (χ0v) is 13.8. The minimum absolute atomic E-state index is 0.0422. The molecule has 1 aliphatic carbocycles. The standard InChI is InChI=1S/C14H21ClN2O3S/c1-9(5-10-3-4-10)17-21(18,19)13-7-12(15)6-11(8-16)14(13)20-2/h6-7,9-10,17H,3-5,8,16H2,1-2H3. The van der Waals surface area contributed by atoms with Crippen LogP contribution < -0.4 is 15.2 Å². The van der Waals surface area contributed by atoms with Gasteiger partial charge in [-0.25, -0.2) is 13.1 Å². The van der Waals surface area contributed by atoms with Crippen LogP contribution in [0.15, 0.2) is 17.0 Å². The van der Waals surface area contributed by atoms with Gasteiger partial charge in [-0.3, -0.25) is 0 Å². The van der Waals surface area contributed by atoms with Crippen molar-refractivity contribution in [2.75, 3.05) is 7.11 Å². The second-order valence-corrected chi connectivity index (χ2v) is 7.62. The molecule has 7 heteroatoms. The van der Waals surface area contributed by atoms with Crippen LogP contribution in [-0.4, -0.2) is 21.6 Å². The van der Waals surface area contributed by atoms with Crippen molar-refractivity contribution < 1.29 is 13.2 Å². The molecule has 1 atom stereocenters. The summed E-state index contributed by atoms with van der Waals surface area (Å²) in [6.07, 6.45) is 3.22. The van der Waals surface area contributed by atoms with Crippen molar-refractivity contribution in [3.8, 4) is 5.75 Å². The molecule has 0 radical (unpaired) electrons. The quantitative estimate of drug-likeness (QED) is 0.802. The van der Waals surface area contributed by atoms with Crippen molar-refractivity contribution in [3.05, 3.63) is 22.7 Å². The first kappa shape index (κ1) is 16.5. The Hall–Kier alpha value is -0.820. The van der Waals surface area contributed by atoms with Gasteiger partial charge in [-0.1, -0.05) is 24.4 Å². The van der Waals surface area contributed by atoms with Gasteiger partial charge >= 0.3 is 0 Å². The number of halogens is 1. The summed E-state index contributed by atoms with van der Waals surface area (Å²) in [7, 11) is -2.26. The Labute approximate surface area is 130 Å². The van der Waals surface area contributed by atoms with Crippen molar-refractivity contribution in [2.24, 2.45) is 11.7 Å². The third kappa shape index (κ3) is 4.10. The number of sulfonamides is 1. The van der Waals surface area contributed by atoms with Gasteiger partial charge in [-0.05, 0) is 31.4 Å². The average Bonchev–Trinajstić information content (AvgIpc) is 3.20. The molecule has 2 rings (SSSR count). The molecule has 1 unspecified atom stereocenters. The lowest BCUT2D eigenvalue weighted by Gasteiger charge is -2.17. The molecular formula is C14H21ClN2O3S. The van der Waals surface area contributed by atoms with E-state index in [4.69, 9.17) is 22.1 Å². The van der Waals surface area contributed by atoms with E-state index in [1.54, 1.807) is 6.07 Å². The molecule has 1 aliphatic rings. The molecule has 0 bridgehead atoms. The summed E-state index contributed by atoms with van der Waals surface area (Å²) >= 11 is 5.99. The molecule has 1 aromatic carbocycles. The molecule has 21 heavy (non-hydrogen) atoms. The molecule has 0 aromatic heterocycles. The van der Waals surface area contributed by atoms with Crippen LogP contribution >= 0.6 is 11.6 Å². The summed E-state index contributed by atoms with van der Waals surface area (Å²) in [4.78, 5) is 0.0422. The van der Waals surface area contributed by atoms with Gasteiger partial charge in [0.15, 0.2) is 0 Å². The lowest BCUT2D eigenvalue weighted by molar-refractivity contribution is 0.397. The molecule has 0 aliphatic heterocycles. The highest BCUT2D eigenvalue weighted by molar-refractivity contribution is 7.89. The molecular weight excluding hydrogens is 312 g/mol. The van der Waals surface area contributed by atoms with E-state index in [0.717, 1.165) is 6.42 Å². The number of rotatable bonds is 7. The van der Waals surface area contributed by atoms with Gasteiger partial charge in [-0.15, -0.1) is 0 Å². The third-order valence-electron chi connectivity index (χ3n) is 3.55. The summed E-state index contributed by atoms with van der Waals surface area (Å²) in [5.41, 5.74) is 6.20. The highest BCUT2D eigenvalue weighted by Crippen LogP contribution is 2.35. The van der Waals surface area contributed by atoms with Gasteiger partial charge in [0.05, 0.1) is 7.11 Å². The Balaban J connectivity index is 2.31. The number of nitrogens with two attached hydrogens (primary N) is 1. The van der Waals surface area contributed by atoms with Gasteiger partial charge in [0.25, 0.3) is 0 Å². The van der Waals surface area contributed by atoms with Gasteiger partial charge in [0, 0.05) is 23.2 Å². The van der Waals surface area contributed by atoms with Gasteiger partial charge in [0.1, 0.15) is 10.6 Å². The van der Waals surface area contributed by atoms with Crippen molar-refractivity contribution in [2.45, 2.75) is 43.7 Å². The summed E-state index contributed by atoms with van der Waals surface area (Å²) in [5, 5.41) is 0.325. The van der Waals surface area contributed by atoms with E-state index in [1.807, 2.05) is 6.92 Å². The molecule has 1 fully saturated rings. The van der Waals surface area contributed by atoms with Crippen LogP contribution in [0.1, 0.15) is 31.7 Å². The number of nitrogens with one attached hydrogen (secondary N) is 1. The van der Waals surface area contributed by atoms with Crippen molar-refractivity contribution in [1.29, 1.82) is 0 Å². The van der Waals surface area contributed by atoms with Gasteiger partial charge < -0.3 is 10.5 Å². The number of hydrogen-bond donors (Lipinski definition) is 2. The fourth-order valence-corrected chi connectivity index (χ4v) is 4.23. The van der Waals surface area contributed by atoms with Crippen LogP contribution in [0.25, 0.3) is 0 Å². The Bertz CT molecular complexity index is 615.